The van der Waals surface area contributed by atoms with E-state index in [2.05, 4.69) is 20.5 Å². The third-order valence-corrected chi connectivity index (χ3v) is 4.62. The minimum absolute atomic E-state index is 0.0607. The van der Waals surface area contributed by atoms with Crippen molar-refractivity contribution < 1.29 is 23.1 Å². The van der Waals surface area contributed by atoms with Crippen LogP contribution in [0.2, 0.25) is 0 Å². The summed E-state index contributed by atoms with van der Waals surface area (Å²) in [6.45, 7) is 0.371. The van der Waals surface area contributed by atoms with Crippen molar-refractivity contribution in [1.82, 2.24) is 30.1 Å². The van der Waals surface area contributed by atoms with Gasteiger partial charge in [0.1, 0.15) is 0 Å². The molecule has 0 saturated carbocycles. The van der Waals surface area contributed by atoms with Crippen LogP contribution in [0.15, 0.2) is 30.5 Å². The largest absolute Gasteiger partial charge is 0.418 e. The number of hydrogen-bond donors (Lipinski definition) is 2. The van der Waals surface area contributed by atoms with E-state index in [0.29, 0.717) is 18.7 Å². The van der Waals surface area contributed by atoms with Gasteiger partial charge in [-0.1, -0.05) is 17.3 Å². The molecular weight excluding hydrogens is 377 g/mol. The minimum Gasteiger partial charge on any atom is -0.390 e. The number of aliphatic hydroxyl groups is 1. The van der Waals surface area contributed by atoms with Crippen molar-refractivity contribution in [3.05, 3.63) is 58.7 Å². The monoisotopic (exact) mass is 392 g/mol. The number of aromatic amines is 1. The van der Waals surface area contributed by atoms with Gasteiger partial charge in [-0.3, -0.25) is 9.89 Å². The Kier molecular flexibility index (Phi) is 4.38. The number of para-hydroxylation sites is 1. The zero-order chi connectivity index (χ0) is 19.9. The molecule has 0 atom stereocenters. The van der Waals surface area contributed by atoms with Crippen molar-refractivity contribution in [3.63, 3.8) is 0 Å². The molecule has 3 heterocycles. The second kappa shape index (κ2) is 6.75. The Morgan fingerprint density at radius 1 is 1.29 bits per heavy atom. The van der Waals surface area contributed by atoms with Crippen LogP contribution in [-0.4, -0.2) is 47.6 Å². The Morgan fingerprint density at radius 3 is 2.82 bits per heavy atom. The summed E-state index contributed by atoms with van der Waals surface area (Å²) < 4.78 is 40.6. The first-order valence-corrected chi connectivity index (χ1v) is 8.42. The number of fused-ring (bicyclic) bond motifs is 1. The maximum absolute atomic E-state index is 13.2. The lowest BCUT2D eigenvalue weighted by molar-refractivity contribution is -0.137. The minimum atomic E-state index is -4.56. The lowest BCUT2D eigenvalue weighted by atomic mass is 10.1. The molecule has 0 unspecified atom stereocenters. The summed E-state index contributed by atoms with van der Waals surface area (Å²) in [5.74, 6) is -0.452. The molecule has 1 aromatic carbocycles. The number of nitrogens with zero attached hydrogens (tertiary/aromatic N) is 5. The first-order valence-electron chi connectivity index (χ1n) is 8.42. The first-order chi connectivity index (χ1) is 13.4. The Balaban J connectivity index is 1.60. The molecule has 0 aliphatic carbocycles. The average Bonchev–Trinajstić information content (AvgIpc) is 3.33. The van der Waals surface area contributed by atoms with Gasteiger partial charge in [0.25, 0.3) is 5.91 Å². The normalized spacial score (nSPS) is 14.2. The van der Waals surface area contributed by atoms with Gasteiger partial charge in [0.05, 0.1) is 29.7 Å². The third kappa shape index (κ3) is 3.13. The van der Waals surface area contributed by atoms with Crippen molar-refractivity contribution in [2.75, 3.05) is 6.54 Å². The fourth-order valence-corrected chi connectivity index (χ4v) is 3.21. The summed E-state index contributed by atoms with van der Waals surface area (Å²) in [4.78, 5) is 14.3. The highest BCUT2D eigenvalue weighted by Gasteiger charge is 2.34. The molecule has 0 spiro atoms. The molecule has 0 bridgehead atoms. The zero-order valence-electron chi connectivity index (χ0n) is 14.4. The van der Waals surface area contributed by atoms with Gasteiger partial charge in [0, 0.05) is 30.8 Å². The van der Waals surface area contributed by atoms with Crippen LogP contribution >= 0.6 is 0 Å². The summed E-state index contributed by atoms with van der Waals surface area (Å²) in [6, 6.07) is 4.94. The molecule has 0 saturated heterocycles. The summed E-state index contributed by atoms with van der Waals surface area (Å²) >= 11 is 0. The van der Waals surface area contributed by atoms with Crippen LogP contribution in [0.3, 0.4) is 0 Å². The van der Waals surface area contributed by atoms with E-state index < -0.39 is 17.6 Å². The number of hydrogen-bond acceptors (Lipinski definition) is 5. The number of nitrogens with one attached hydrogen (secondary N) is 1. The third-order valence-electron chi connectivity index (χ3n) is 4.62. The number of aromatic nitrogens is 5. The number of carbonyl (C=O) groups excluding carboxylic acids is 1. The van der Waals surface area contributed by atoms with Gasteiger partial charge in [-0.25, -0.2) is 4.68 Å². The van der Waals surface area contributed by atoms with Gasteiger partial charge in [-0.2, -0.15) is 18.3 Å². The van der Waals surface area contributed by atoms with E-state index in [9.17, 15) is 23.1 Å². The standard InChI is InChI=1S/C17H15F3N6O2/c18-17(19,20)11-3-1-2-4-15(11)26-8-13(23-24-26)16(28)25-6-5-12-10(7-25)14(9-27)22-21-12/h1-4,8,27H,5-7,9H2,(H,21,22). The van der Waals surface area contributed by atoms with E-state index in [-0.39, 0.29) is 24.5 Å². The first kappa shape index (κ1) is 18.2. The number of carbonyl (C=O) groups is 1. The molecule has 11 heteroatoms. The van der Waals surface area contributed by atoms with Crippen LogP contribution < -0.4 is 0 Å². The van der Waals surface area contributed by atoms with Crippen molar-refractivity contribution in [3.8, 4) is 5.69 Å². The van der Waals surface area contributed by atoms with Gasteiger partial charge in [0.15, 0.2) is 5.69 Å². The molecule has 28 heavy (non-hydrogen) atoms. The van der Waals surface area contributed by atoms with E-state index in [4.69, 9.17) is 0 Å². The zero-order valence-corrected chi connectivity index (χ0v) is 14.4. The van der Waals surface area contributed by atoms with E-state index in [1.807, 2.05) is 0 Å². The van der Waals surface area contributed by atoms with Crippen molar-refractivity contribution in [2.24, 2.45) is 0 Å². The van der Waals surface area contributed by atoms with Crippen molar-refractivity contribution in [1.29, 1.82) is 0 Å². The van der Waals surface area contributed by atoms with Crippen LogP contribution in [0, 0.1) is 0 Å². The van der Waals surface area contributed by atoms with E-state index in [1.165, 1.54) is 29.3 Å². The van der Waals surface area contributed by atoms with Crippen LogP contribution in [0.1, 0.15) is 33.0 Å². The Hall–Kier alpha value is -3.21. The molecule has 1 amide bonds. The smallest absolute Gasteiger partial charge is 0.390 e. The molecule has 0 radical (unpaired) electrons. The molecule has 2 aromatic heterocycles. The second-order valence-corrected chi connectivity index (χ2v) is 6.33. The summed E-state index contributed by atoms with van der Waals surface area (Å²) in [5.41, 5.74) is 0.935. The van der Waals surface area contributed by atoms with Gasteiger partial charge < -0.3 is 10.0 Å². The fraction of sp³-hybridized carbons (Fsp3) is 0.294. The number of halogens is 3. The summed E-state index contributed by atoms with van der Waals surface area (Å²) in [6.07, 6.45) is -2.85. The molecule has 1 aliphatic heterocycles. The Labute approximate surface area is 156 Å². The molecule has 146 valence electrons. The number of aliphatic hydroxyl groups excluding tert-OH is 1. The van der Waals surface area contributed by atoms with Gasteiger partial charge in [-0.15, -0.1) is 5.10 Å². The topological polar surface area (TPSA) is 99.9 Å². The Bertz CT molecular complexity index is 1010. The van der Waals surface area contributed by atoms with E-state index >= 15 is 0 Å². The second-order valence-electron chi connectivity index (χ2n) is 6.33. The summed E-state index contributed by atoms with van der Waals surface area (Å²) in [5, 5.41) is 23.6. The lowest BCUT2D eigenvalue weighted by Gasteiger charge is -2.26. The van der Waals surface area contributed by atoms with E-state index in [1.54, 1.807) is 0 Å². The van der Waals surface area contributed by atoms with Crippen molar-refractivity contribution >= 4 is 5.91 Å². The highest BCUT2D eigenvalue weighted by Crippen LogP contribution is 2.33. The van der Waals surface area contributed by atoms with E-state index in [0.717, 1.165) is 22.0 Å². The number of amides is 1. The Morgan fingerprint density at radius 2 is 2.07 bits per heavy atom. The van der Waals surface area contributed by atoms with Gasteiger partial charge in [0.2, 0.25) is 0 Å². The van der Waals surface area contributed by atoms with Crippen LogP contribution in [0.25, 0.3) is 5.69 Å². The lowest BCUT2D eigenvalue weighted by Crippen LogP contribution is -2.36. The molecule has 1 aliphatic rings. The molecule has 8 nitrogen and oxygen atoms in total. The van der Waals surface area contributed by atoms with Crippen LogP contribution in [0.5, 0.6) is 0 Å². The van der Waals surface area contributed by atoms with Crippen molar-refractivity contribution in [2.45, 2.75) is 25.7 Å². The maximum Gasteiger partial charge on any atom is 0.418 e. The summed E-state index contributed by atoms with van der Waals surface area (Å²) in [7, 11) is 0. The quantitative estimate of drug-likeness (QED) is 0.707. The number of benzene rings is 1. The van der Waals surface area contributed by atoms with Gasteiger partial charge in [-0.05, 0) is 12.1 Å². The predicted molar refractivity (Wildman–Crippen MR) is 89.3 cm³/mol. The number of alkyl halides is 3. The molecule has 2 N–H and O–H groups in total. The predicted octanol–water partition coefficient (Wildman–Crippen LogP) is 1.70. The fourth-order valence-electron chi connectivity index (χ4n) is 3.21. The molecule has 0 fully saturated rings. The van der Waals surface area contributed by atoms with Gasteiger partial charge >= 0.3 is 6.18 Å². The number of rotatable bonds is 3. The molecular formula is C17H15F3N6O2. The average molecular weight is 392 g/mol. The SMILES string of the molecule is O=C(c1cn(-c2ccccc2C(F)(F)F)nn1)N1CCc2[nH]nc(CO)c2C1. The highest BCUT2D eigenvalue weighted by atomic mass is 19.4. The van der Waals surface area contributed by atoms with Crippen LogP contribution in [0.4, 0.5) is 13.2 Å². The molecule has 4 rings (SSSR count). The maximum atomic E-state index is 13.2. The van der Waals surface area contributed by atoms with Crippen LogP contribution in [-0.2, 0) is 25.7 Å². The highest BCUT2D eigenvalue weighted by molar-refractivity contribution is 5.92. The number of H-pyrrole nitrogens is 1. The molecule has 3 aromatic rings.